The van der Waals surface area contributed by atoms with Crippen molar-refractivity contribution in [1.29, 1.82) is 0 Å². The number of para-hydroxylation sites is 1. The first-order chi connectivity index (χ1) is 16.0. The standard InChI is InChI=1S/C23H18Cl2N4O3S/c1-13-9-15(21-22(25)33-12-27-21)14-3-2-4-19(20(14)28-13)32-11-16-17(24)5-6-26-18(16)10-29-7-8-31-23(29)30/h2-6,9,12H,7-8,10-11H2,1H3. The number of amides is 1. The Balaban J connectivity index is 1.48. The van der Waals surface area contributed by atoms with Crippen LogP contribution in [0.2, 0.25) is 9.36 Å². The van der Waals surface area contributed by atoms with Gasteiger partial charge in [0.25, 0.3) is 0 Å². The average Bonchev–Trinajstić information content (AvgIpc) is 3.40. The number of thiazole rings is 1. The molecule has 168 valence electrons. The highest BCUT2D eigenvalue weighted by Gasteiger charge is 2.24. The van der Waals surface area contributed by atoms with Gasteiger partial charge in [0.15, 0.2) is 0 Å². The van der Waals surface area contributed by atoms with Gasteiger partial charge in [-0.1, -0.05) is 35.3 Å². The summed E-state index contributed by atoms with van der Waals surface area (Å²) in [7, 11) is 0. The van der Waals surface area contributed by atoms with E-state index in [0.717, 1.165) is 22.3 Å². The first-order valence-electron chi connectivity index (χ1n) is 10.2. The smallest absolute Gasteiger partial charge is 0.410 e. The fourth-order valence-electron chi connectivity index (χ4n) is 3.77. The molecular formula is C23H18Cl2N4O3S. The van der Waals surface area contributed by atoms with E-state index in [9.17, 15) is 4.79 Å². The molecule has 1 aliphatic rings. The Morgan fingerprint density at radius 2 is 2.12 bits per heavy atom. The van der Waals surface area contributed by atoms with Crippen LogP contribution in [0.3, 0.4) is 0 Å². The second-order valence-electron chi connectivity index (χ2n) is 7.48. The maximum atomic E-state index is 11.9. The highest BCUT2D eigenvalue weighted by molar-refractivity contribution is 7.14. The minimum atomic E-state index is -0.356. The van der Waals surface area contributed by atoms with E-state index in [1.807, 2.05) is 31.2 Å². The number of nitrogens with zero attached hydrogens (tertiary/aromatic N) is 4. The fraction of sp³-hybridized carbons (Fsp3) is 0.217. The molecular weight excluding hydrogens is 483 g/mol. The SMILES string of the molecule is Cc1cc(-c2ncsc2Cl)c2cccc(OCc3c(Cl)ccnc3CN3CCOC3=O)c2n1. The monoisotopic (exact) mass is 500 g/mol. The quantitative estimate of drug-likeness (QED) is 0.328. The maximum absolute atomic E-state index is 11.9. The van der Waals surface area contributed by atoms with Crippen LogP contribution < -0.4 is 4.74 Å². The van der Waals surface area contributed by atoms with Crippen LogP contribution in [0.5, 0.6) is 5.75 Å². The van der Waals surface area contributed by atoms with Crippen LogP contribution in [0, 0.1) is 6.92 Å². The van der Waals surface area contributed by atoms with Crippen LogP contribution in [0.15, 0.2) is 42.0 Å². The molecule has 1 aromatic carbocycles. The molecule has 0 saturated carbocycles. The topological polar surface area (TPSA) is 77.4 Å². The number of cyclic esters (lactones) is 1. The van der Waals surface area contributed by atoms with Gasteiger partial charge in [-0.15, -0.1) is 11.3 Å². The number of hydrogen-bond acceptors (Lipinski definition) is 7. The molecule has 4 heterocycles. The minimum Gasteiger partial charge on any atom is -0.486 e. The van der Waals surface area contributed by atoms with E-state index >= 15 is 0 Å². The Labute approximate surface area is 203 Å². The largest absolute Gasteiger partial charge is 0.486 e. The summed E-state index contributed by atoms with van der Waals surface area (Å²) in [4.78, 5) is 27.0. The summed E-state index contributed by atoms with van der Waals surface area (Å²) in [6, 6.07) is 9.42. The van der Waals surface area contributed by atoms with Crippen LogP contribution >= 0.6 is 34.5 Å². The molecule has 0 unspecified atom stereocenters. The van der Waals surface area contributed by atoms with Gasteiger partial charge in [-0.25, -0.2) is 14.8 Å². The zero-order valence-corrected chi connectivity index (χ0v) is 19.9. The number of ether oxygens (including phenoxy) is 2. The molecule has 7 nitrogen and oxygen atoms in total. The van der Waals surface area contributed by atoms with Crippen LogP contribution in [-0.2, 0) is 17.9 Å². The second-order valence-corrected chi connectivity index (χ2v) is 9.34. The van der Waals surface area contributed by atoms with Gasteiger partial charge < -0.3 is 9.47 Å². The van der Waals surface area contributed by atoms with E-state index in [4.69, 9.17) is 37.7 Å². The van der Waals surface area contributed by atoms with Crippen molar-refractivity contribution in [2.75, 3.05) is 13.2 Å². The summed E-state index contributed by atoms with van der Waals surface area (Å²) in [5.41, 5.74) is 6.27. The van der Waals surface area contributed by atoms with Gasteiger partial charge >= 0.3 is 6.09 Å². The Hall–Kier alpha value is -2.94. The molecule has 0 bridgehead atoms. The summed E-state index contributed by atoms with van der Waals surface area (Å²) in [5.74, 6) is 0.607. The van der Waals surface area contributed by atoms with Gasteiger partial charge in [-0.3, -0.25) is 9.88 Å². The Bertz CT molecular complexity index is 1360. The van der Waals surface area contributed by atoms with Crippen LogP contribution in [0.1, 0.15) is 17.0 Å². The van der Waals surface area contributed by atoms with Gasteiger partial charge in [0.05, 0.1) is 29.3 Å². The molecule has 0 atom stereocenters. The molecule has 0 radical (unpaired) electrons. The second kappa shape index (κ2) is 9.13. The molecule has 10 heteroatoms. The summed E-state index contributed by atoms with van der Waals surface area (Å²) < 4.78 is 11.8. The third kappa shape index (κ3) is 4.34. The number of halogens is 2. The number of carbonyl (C=O) groups is 1. The van der Waals surface area contributed by atoms with E-state index < -0.39 is 0 Å². The predicted molar refractivity (Wildman–Crippen MR) is 128 cm³/mol. The third-order valence-electron chi connectivity index (χ3n) is 5.36. The van der Waals surface area contributed by atoms with Gasteiger partial charge in [-0.05, 0) is 25.1 Å². The highest BCUT2D eigenvalue weighted by Crippen LogP contribution is 2.37. The average molecular weight is 501 g/mol. The molecule has 1 aliphatic heterocycles. The molecule has 1 saturated heterocycles. The third-order valence-corrected chi connectivity index (χ3v) is 6.77. The molecule has 1 fully saturated rings. The van der Waals surface area contributed by atoms with Crippen LogP contribution in [0.4, 0.5) is 4.79 Å². The predicted octanol–water partition coefficient (Wildman–Crippen LogP) is 5.90. The summed E-state index contributed by atoms with van der Waals surface area (Å²) in [5, 5.41) is 1.41. The van der Waals surface area contributed by atoms with Crippen molar-refractivity contribution < 1.29 is 14.3 Å². The van der Waals surface area contributed by atoms with Crippen LogP contribution in [0.25, 0.3) is 22.2 Å². The van der Waals surface area contributed by atoms with E-state index in [2.05, 4.69) is 9.97 Å². The molecule has 33 heavy (non-hydrogen) atoms. The normalized spacial score (nSPS) is 13.5. The zero-order valence-electron chi connectivity index (χ0n) is 17.5. The number of fused-ring (bicyclic) bond motifs is 1. The number of hydrogen-bond donors (Lipinski definition) is 0. The number of aryl methyl sites for hydroxylation is 1. The maximum Gasteiger partial charge on any atom is 0.410 e. The summed E-state index contributed by atoms with van der Waals surface area (Å²) in [6.07, 6.45) is 1.26. The summed E-state index contributed by atoms with van der Waals surface area (Å²) >= 11 is 14.2. The van der Waals surface area contributed by atoms with Crippen molar-refractivity contribution in [3.05, 3.63) is 68.3 Å². The molecule has 4 aromatic rings. The van der Waals surface area contributed by atoms with E-state index in [0.29, 0.717) is 51.6 Å². The Kier molecular flexibility index (Phi) is 6.05. The van der Waals surface area contributed by atoms with Crippen LogP contribution in [-0.4, -0.2) is 39.1 Å². The van der Waals surface area contributed by atoms with Crippen molar-refractivity contribution in [2.24, 2.45) is 0 Å². The molecule has 1 amide bonds. The zero-order chi connectivity index (χ0) is 22.9. The lowest BCUT2D eigenvalue weighted by atomic mass is 10.0. The molecule has 0 N–H and O–H groups in total. The lowest BCUT2D eigenvalue weighted by molar-refractivity contribution is 0.156. The lowest BCUT2D eigenvalue weighted by Crippen LogP contribution is -2.25. The van der Waals surface area contributed by atoms with Gasteiger partial charge in [0.1, 0.15) is 34.5 Å². The number of aromatic nitrogens is 3. The number of rotatable bonds is 6. The van der Waals surface area contributed by atoms with Crippen molar-refractivity contribution in [3.8, 4) is 17.0 Å². The van der Waals surface area contributed by atoms with E-state index in [1.54, 1.807) is 22.7 Å². The van der Waals surface area contributed by atoms with E-state index in [1.165, 1.54) is 11.3 Å². The van der Waals surface area contributed by atoms with Gasteiger partial charge in [0.2, 0.25) is 0 Å². The molecule has 0 aliphatic carbocycles. The lowest BCUT2D eigenvalue weighted by Gasteiger charge is -2.17. The first-order valence-corrected chi connectivity index (χ1v) is 11.8. The van der Waals surface area contributed by atoms with Gasteiger partial charge in [-0.2, -0.15) is 0 Å². The number of carbonyl (C=O) groups excluding carboxylic acids is 1. The van der Waals surface area contributed by atoms with Gasteiger partial charge in [0, 0.05) is 28.4 Å². The Morgan fingerprint density at radius 1 is 1.24 bits per heavy atom. The molecule has 3 aromatic heterocycles. The fourth-order valence-corrected chi connectivity index (χ4v) is 4.78. The van der Waals surface area contributed by atoms with E-state index in [-0.39, 0.29) is 12.7 Å². The minimum absolute atomic E-state index is 0.173. The number of pyridine rings is 2. The van der Waals surface area contributed by atoms with Crippen molar-refractivity contribution in [3.63, 3.8) is 0 Å². The number of benzene rings is 1. The van der Waals surface area contributed by atoms with Crippen molar-refractivity contribution in [1.82, 2.24) is 19.9 Å². The summed E-state index contributed by atoms with van der Waals surface area (Å²) in [6.45, 7) is 3.29. The molecule has 0 spiro atoms. The molecule has 5 rings (SSSR count). The Morgan fingerprint density at radius 3 is 2.88 bits per heavy atom. The van der Waals surface area contributed by atoms with Crippen molar-refractivity contribution >= 4 is 51.5 Å². The van der Waals surface area contributed by atoms with Crippen molar-refractivity contribution in [2.45, 2.75) is 20.1 Å². The highest BCUT2D eigenvalue weighted by atomic mass is 35.5. The first kappa shape index (κ1) is 21.9.